The van der Waals surface area contributed by atoms with Crippen LogP contribution >= 0.6 is 24.0 Å². The van der Waals surface area contributed by atoms with Crippen LogP contribution in [0, 0.1) is 5.92 Å². The molecule has 0 atom stereocenters. The van der Waals surface area contributed by atoms with Crippen molar-refractivity contribution in [2.45, 2.75) is 31.2 Å². The van der Waals surface area contributed by atoms with E-state index in [4.69, 9.17) is 0 Å². The number of nitrogens with zero attached hydrogens (tertiary/aromatic N) is 4. The lowest BCUT2D eigenvalue weighted by Crippen LogP contribution is -2.47. The van der Waals surface area contributed by atoms with E-state index in [-0.39, 0.29) is 43.0 Å². The van der Waals surface area contributed by atoms with Crippen LogP contribution in [0.15, 0.2) is 17.4 Å². The molecule has 0 aliphatic carbocycles. The number of piperidine rings is 1. The fourth-order valence-corrected chi connectivity index (χ4v) is 4.05. The first kappa shape index (κ1) is 25.9. The van der Waals surface area contributed by atoms with Crippen molar-refractivity contribution < 1.29 is 21.6 Å². The number of alkyl halides is 3. The van der Waals surface area contributed by atoms with Gasteiger partial charge in [0.1, 0.15) is 0 Å². The van der Waals surface area contributed by atoms with Gasteiger partial charge in [-0.1, -0.05) is 0 Å². The summed E-state index contributed by atoms with van der Waals surface area (Å²) in [7, 11) is -1.70. The van der Waals surface area contributed by atoms with Gasteiger partial charge in [-0.15, -0.1) is 24.0 Å². The Kier molecular flexibility index (Phi) is 10.1. The summed E-state index contributed by atoms with van der Waals surface area (Å²) >= 11 is 0. The Morgan fingerprint density at radius 3 is 2.48 bits per heavy atom. The average molecular weight is 552 g/mol. The lowest BCUT2D eigenvalue weighted by molar-refractivity contribution is -0.0496. The SMILES string of the molecule is CN=C(NCCCc1cnn(C)c1)NCC1CCN(S(=O)(=O)C(F)(F)F)CC1.I. The van der Waals surface area contributed by atoms with Gasteiger partial charge in [0.15, 0.2) is 5.96 Å². The molecular weight excluding hydrogens is 524 g/mol. The number of nitrogens with one attached hydrogen (secondary N) is 2. The van der Waals surface area contributed by atoms with Gasteiger partial charge in [0.25, 0.3) is 0 Å². The molecule has 0 unspecified atom stereocenters. The summed E-state index contributed by atoms with van der Waals surface area (Å²) in [6.07, 6.45) is 6.35. The van der Waals surface area contributed by atoms with Crippen LogP contribution in [-0.4, -0.2) is 67.2 Å². The summed E-state index contributed by atoms with van der Waals surface area (Å²) in [6, 6.07) is 0. The second-order valence-corrected chi connectivity index (χ2v) is 8.73. The monoisotopic (exact) mass is 552 g/mol. The van der Waals surface area contributed by atoms with Crippen molar-refractivity contribution >= 4 is 40.0 Å². The molecule has 168 valence electrons. The number of hydrogen-bond acceptors (Lipinski definition) is 4. The van der Waals surface area contributed by atoms with Gasteiger partial charge in [0.05, 0.1) is 6.20 Å². The number of hydrogen-bond donors (Lipinski definition) is 2. The maximum absolute atomic E-state index is 12.6. The highest BCUT2D eigenvalue weighted by atomic mass is 127. The molecule has 2 heterocycles. The van der Waals surface area contributed by atoms with Crippen molar-refractivity contribution in [3.63, 3.8) is 0 Å². The van der Waals surface area contributed by atoms with Gasteiger partial charge in [-0.3, -0.25) is 9.67 Å². The predicted octanol–water partition coefficient (Wildman–Crippen LogP) is 1.70. The van der Waals surface area contributed by atoms with Gasteiger partial charge in [-0.2, -0.15) is 22.6 Å². The minimum absolute atomic E-state index is 0. The maximum Gasteiger partial charge on any atom is 0.511 e. The standard InChI is InChI=1S/C16H27F3N6O2S.HI/c1-20-15(21-7-3-4-14-11-23-24(2)12-14)22-10-13-5-8-25(9-6-13)28(26,27)16(17,18)19;/h11-13H,3-10H2,1-2H3,(H2,20,21,22);1H. The van der Waals surface area contributed by atoms with E-state index in [0.29, 0.717) is 29.7 Å². The van der Waals surface area contributed by atoms with Crippen molar-refractivity contribution in [1.82, 2.24) is 24.7 Å². The first-order chi connectivity index (χ1) is 13.1. The third-order valence-electron chi connectivity index (χ3n) is 4.68. The molecule has 0 bridgehead atoms. The van der Waals surface area contributed by atoms with Crippen LogP contribution in [0.1, 0.15) is 24.8 Å². The summed E-state index contributed by atoms with van der Waals surface area (Å²) in [4.78, 5) is 4.13. The lowest BCUT2D eigenvalue weighted by atomic mass is 9.98. The zero-order chi connectivity index (χ0) is 20.8. The van der Waals surface area contributed by atoms with E-state index in [0.717, 1.165) is 24.9 Å². The Morgan fingerprint density at radius 1 is 1.31 bits per heavy atom. The summed E-state index contributed by atoms with van der Waals surface area (Å²) in [5.74, 6) is 0.713. The highest BCUT2D eigenvalue weighted by molar-refractivity contribution is 14.0. The Morgan fingerprint density at radius 2 is 1.97 bits per heavy atom. The molecular formula is C16H28F3IN6O2S. The quantitative estimate of drug-likeness (QED) is 0.233. The molecule has 0 saturated carbocycles. The third-order valence-corrected chi connectivity index (χ3v) is 6.31. The Hall–Kier alpha value is -1.09. The fraction of sp³-hybridized carbons (Fsp3) is 0.750. The average Bonchev–Trinajstić information content (AvgIpc) is 3.05. The second-order valence-electron chi connectivity index (χ2n) is 6.80. The topological polar surface area (TPSA) is 91.6 Å². The van der Waals surface area contributed by atoms with Gasteiger partial charge < -0.3 is 10.6 Å². The molecule has 2 rings (SSSR count). The van der Waals surface area contributed by atoms with Gasteiger partial charge in [-0.05, 0) is 37.2 Å². The van der Waals surface area contributed by atoms with Crippen molar-refractivity contribution in [1.29, 1.82) is 0 Å². The molecule has 29 heavy (non-hydrogen) atoms. The molecule has 2 N–H and O–H groups in total. The molecule has 1 aromatic rings. The Labute approximate surface area is 186 Å². The van der Waals surface area contributed by atoms with Crippen molar-refractivity contribution in [2.24, 2.45) is 18.0 Å². The van der Waals surface area contributed by atoms with E-state index in [1.165, 1.54) is 0 Å². The van der Waals surface area contributed by atoms with Crippen molar-refractivity contribution in [2.75, 3.05) is 33.2 Å². The smallest absolute Gasteiger partial charge is 0.356 e. The van der Waals surface area contributed by atoms with E-state index in [1.54, 1.807) is 11.7 Å². The maximum atomic E-state index is 12.6. The van der Waals surface area contributed by atoms with E-state index in [1.807, 2.05) is 19.4 Å². The van der Waals surface area contributed by atoms with Crippen molar-refractivity contribution in [3.05, 3.63) is 18.0 Å². The first-order valence-corrected chi connectivity index (χ1v) is 10.6. The van der Waals surface area contributed by atoms with E-state index in [2.05, 4.69) is 20.7 Å². The largest absolute Gasteiger partial charge is 0.511 e. The Balaban J connectivity index is 0.00000420. The zero-order valence-corrected chi connectivity index (χ0v) is 19.6. The summed E-state index contributed by atoms with van der Waals surface area (Å²) in [5, 5.41) is 10.5. The first-order valence-electron chi connectivity index (χ1n) is 9.12. The molecule has 0 spiro atoms. The van der Waals surface area contributed by atoms with Crippen LogP contribution in [0.4, 0.5) is 13.2 Å². The molecule has 8 nitrogen and oxygen atoms in total. The molecule has 1 aliphatic heterocycles. The van der Waals surface area contributed by atoms with Gasteiger partial charge in [-0.25, -0.2) is 8.42 Å². The molecule has 1 aromatic heterocycles. The minimum Gasteiger partial charge on any atom is -0.356 e. The van der Waals surface area contributed by atoms with Crippen molar-refractivity contribution in [3.8, 4) is 0 Å². The molecule has 1 saturated heterocycles. The number of sulfonamides is 1. The molecule has 0 radical (unpaired) electrons. The number of rotatable bonds is 7. The summed E-state index contributed by atoms with van der Waals surface area (Å²) < 4.78 is 62.9. The normalized spacial score (nSPS) is 17.1. The van der Waals surface area contributed by atoms with Crippen LogP contribution in [0.5, 0.6) is 0 Å². The molecule has 0 aromatic carbocycles. The number of aliphatic imine (C=N–C) groups is 1. The van der Waals surface area contributed by atoms with Crippen LogP contribution in [0.2, 0.25) is 0 Å². The van der Waals surface area contributed by atoms with Crippen LogP contribution in [-0.2, 0) is 23.5 Å². The highest BCUT2D eigenvalue weighted by Crippen LogP contribution is 2.30. The van der Waals surface area contributed by atoms with E-state index >= 15 is 0 Å². The van der Waals surface area contributed by atoms with E-state index in [9.17, 15) is 21.6 Å². The molecule has 0 amide bonds. The van der Waals surface area contributed by atoms with E-state index < -0.39 is 15.5 Å². The molecule has 13 heteroatoms. The molecule has 1 fully saturated rings. The number of aryl methyl sites for hydroxylation is 2. The Bertz CT molecular complexity index is 761. The van der Waals surface area contributed by atoms with Crippen LogP contribution in [0.25, 0.3) is 0 Å². The molecule has 1 aliphatic rings. The highest BCUT2D eigenvalue weighted by Gasteiger charge is 2.50. The zero-order valence-electron chi connectivity index (χ0n) is 16.4. The summed E-state index contributed by atoms with van der Waals surface area (Å²) in [6.45, 7) is 1.01. The van der Waals surface area contributed by atoms with Gasteiger partial charge in [0.2, 0.25) is 0 Å². The lowest BCUT2D eigenvalue weighted by Gasteiger charge is -2.31. The van der Waals surface area contributed by atoms with Gasteiger partial charge >= 0.3 is 15.5 Å². The van der Waals surface area contributed by atoms with Crippen LogP contribution in [0.3, 0.4) is 0 Å². The minimum atomic E-state index is -5.24. The fourth-order valence-electron chi connectivity index (χ4n) is 3.06. The number of halogens is 4. The van der Waals surface area contributed by atoms with Gasteiger partial charge in [0, 0.05) is 46.5 Å². The number of guanidine groups is 1. The predicted molar refractivity (Wildman–Crippen MR) is 116 cm³/mol. The summed E-state index contributed by atoms with van der Waals surface area (Å²) in [5.41, 5.74) is -4.08. The van der Waals surface area contributed by atoms with Crippen LogP contribution < -0.4 is 10.6 Å². The number of aromatic nitrogens is 2. The second kappa shape index (κ2) is 11.3. The third kappa shape index (κ3) is 7.59.